The van der Waals surface area contributed by atoms with Crippen LogP contribution in [0.15, 0.2) is 24.3 Å². The molecule has 0 radical (unpaired) electrons. The Hall–Kier alpha value is -1.95. The van der Waals surface area contributed by atoms with Crippen molar-refractivity contribution in [3.05, 3.63) is 29.8 Å². The fourth-order valence-corrected chi connectivity index (χ4v) is 3.37. The average molecular weight is 305 g/mol. The number of alkyl halides is 1. The highest BCUT2D eigenvalue weighted by Gasteiger charge is 2.37. The summed E-state index contributed by atoms with van der Waals surface area (Å²) in [5.41, 5.74) is 7.38. The highest BCUT2D eigenvalue weighted by Crippen LogP contribution is 2.27. The number of anilines is 1. The zero-order chi connectivity index (χ0) is 15.7. The lowest BCUT2D eigenvalue weighted by Crippen LogP contribution is -2.47. The number of aryl methyl sites for hydroxylation is 1. The van der Waals surface area contributed by atoms with E-state index in [4.69, 9.17) is 5.73 Å². The second-order valence-electron chi connectivity index (χ2n) is 5.96. The SMILES string of the molecule is NC(=O)[C@@H]1C[C@@H](F)CN1CC(=O)N1CCCc2ccccc21. The van der Waals surface area contributed by atoms with E-state index in [1.54, 1.807) is 9.80 Å². The second-order valence-corrected chi connectivity index (χ2v) is 5.96. The molecule has 3 rings (SSSR count). The van der Waals surface area contributed by atoms with Gasteiger partial charge in [0.2, 0.25) is 11.8 Å². The molecular weight excluding hydrogens is 285 g/mol. The second kappa shape index (κ2) is 6.04. The number of amides is 2. The summed E-state index contributed by atoms with van der Waals surface area (Å²) >= 11 is 0. The largest absolute Gasteiger partial charge is 0.368 e. The standard InChI is InChI=1S/C16H20FN3O2/c17-12-8-14(16(18)22)19(9-12)10-15(21)20-7-3-5-11-4-1-2-6-13(11)20/h1-2,4,6,12,14H,3,5,7-10H2,(H2,18,22)/t12-,14+/m1/s1. The molecule has 2 amide bonds. The summed E-state index contributed by atoms with van der Waals surface area (Å²) in [6.07, 6.45) is 0.853. The van der Waals surface area contributed by atoms with Crippen LogP contribution in [-0.2, 0) is 16.0 Å². The number of primary amides is 1. The molecule has 2 N–H and O–H groups in total. The molecule has 5 nitrogen and oxygen atoms in total. The summed E-state index contributed by atoms with van der Waals surface area (Å²) in [6.45, 7) is 0.779. The fourth-order valence-electron chi connectivity index (χ4n) is 3.37. The van der Waals surface area contributed by atoms with Crippen molar-refractivity contribution in [1.29, 1.82) is 0 Å². The van der Waals surface area contributed by atoms with E-state index in [1.807, 2.05) is 24.3 Å². The number of para-hydroxylation sites is 1. The smallest absolute Gasteiger partial charge is 0.241 e. The molecule has 1 aromatic rings. The Kier molecular flexibility index (Phi) is 4.11. The number of benzene rings is 1. The maximum atomic E-state index is 13.5. The number of nitrogens with two attached hydrogens (primary N) is 1. The van der Waals surface area contributed by atoms with Crippen molar-refractivity contribution in [3.63, 3.8) is 0 Å². The first-order chi connectivity index (χ1) is 10.6. The summed E-state index contributed by atoms with van der Waals surface area (Å²) in [7, 11) is 0. The summed E-state index contributed by atoms with van der Waals surface area (Å²) in [4.78, 5) is 27.3. The van der Waals surface area contributed by atoms with Crippen LogP contribution in [0.1, 0.15) is 18.4 Å². The maximum Gasteiger partial charge on any atom is 0.241 e. The Morgan fingerprint density at radius 2 is 2.09 bits per heavy atom. The van der Waals surface area contributed by atoms with Gasteiger partial charge in [-0.3, -0.25) is 14.5 Å². The first kappa shape index (κ1) is 15.0. The van der Waals surface area contributed by atoms with Crippen molar-refractivity contribution < 1.29 is 14.0 Å². The highest BCUT2D eigenvalue weighted by atomic mass is 19.1. The van der Waals surface area contributed by atoms with Gasteiger partial charge in [0.15, 0.2) is 0 Å². The van der Waals surface area contributed by atoms with E-state index >= 15 is 0 Å². The van der Waals surface area contributed by atoms with Crippen LogP contribution < -0.4 is 10.6 Å². The van der Waals surface area contributed by atoms with E-state index in [2.05, 4.69) is 0 Å². The van der Waals surface area contributed by atoms with Crippen molar-refractivity contribution >= 4 is 17.5 Å². The number of carbonyl (C=O) groups is 2. The first-order valence-corrected chi connectivity index (χ1v) is 7.62. The number of halogens is 1. The zero-order valence-electron chi connectivity index (χ0n) is 12.4. The Morgan fingerprint density at radius 3 is 2.86 bits per heavy atom. The van der Waals surface area contributed by atoms with Gasteiger partial charge >= 0.3 is 0 Å². The van der Waals surface area contributed by atoms with Gasteiger partial charge < -0.3 is 10.6 Å². The topological polar surface area (TPSA) is 66.6 Å². The Labute approximate surface area is 128 Å². The number of carbonyl (C=O) groups excluding carboxylic acids is 2. The minimum Gasteiger partial charge on any atom is -0.368 e. The molecule has 1 saturated heterocycles. The van der Waals surface area contributed by atoms with Gasteiger partial charge in [-0.05, 0) is 24.5 Å². The van der Waals surface area contributed by atoms with Crippen LogP contribution in [-0.4, -0.2) is 48.6 Å². The van der Waals surface area contributed by atoms with Gasteiger partial charge in [-0.25, -0.2) is 4.39 Å². The molecule has 0 saturated carbocycles. The molecule has 2 heterocycles. The molecule has 0 aliphatic carbocycles. The van der Waals surface area contributed by atoms with Gasteiger partial charge in [0, 0.05) is 25.2 Å². The predicted molar refractivity (Wildman–Crippen MR) is 81.2 cm³/mol. The van der Waals surface area contributed by atoms with Gasteiger partial charge in [-0.1, -0.05) is 18.2 Å². The maximum absolute atomic E-state index is 13.5. The lowest BCUT2D eigenvalue weighted by atomic mass is 10.0. The van der Waals surface area contributed by atoms with E-state index in [0.717, 1.165) is 24.1 Å². The molecule has 1 aromatic carbocycles. The minimum absolute atomic E-state index is 0.0301. The van der Waals surface area contributed by atoms with Gasteiger partial charge in [0.1, 0.15) is 6.17 Å². The molecule has 0 bridgehead atoms. The number of hydrogen-bond acceptors (Lipinski definition) is 3. The predicted octanol–water partition coefficient (Wildman–Crippen LogP) is 0.864. The number of hydrogen-bond donors (Lipinski definition) is 1. The molecule has 2 aliphatic heterocycles. The quantitative estimate of drug-likeness (QED) is 0.901. The lowest BCUT2D eigenvalue weighted by molar-refractivity contribution is -0.124. The van der Waals surface area contributed by atoms with Crippen LogP contribution in [0.2, 0.25) is 0 Å². The minimum atomic E-state index is -1.10. The third-order valence-corrected chi connectivity index (χ3v) is 4.43. The molecule has 118 valence electrons. The fraction of sp³-hybridized carbons (Fsp3) is 0.500. The van der Waals surface area contributed by atoms with Crippen molar-refractivity contribution in [2.45, 2.75) is 31.5 Å². The van der Waals surface area contributed by atoms with Gasteiger partial charge in [-0.15, -0.1) is 0 Å². The van der Waals surface area contributed by atoms with Crippen LogP contribution in [0.3, 0.4) is 0 Å². The van der Waals surface area contributed by atoms with Crippen LogP contribution in [0.5, 0.6) is 0 Å². The highest BCUT2D eigenvalue weighted by molar-refractivity contribution is 5.96. The number of likely N-dealkylation sites (tertiary alicyclic amines) is 1. The van der Waals surface area contributed by atoms with Crippen LogP contribution >= 0.6 is 0 Å². The van der Waals surface area contributed by atoms with E-state index in [-0.39, 0.29) is 25.4 Å². The van der Waals surface area contributed by atoms with E-state index < -0.39 is 18.1 Å². The number of fused-ring (bicyclic) bond motifs is 1. The van der Waals surface area contributed by atoms with Gasteiger partial charge in [0.25, 0.3) is 0 Å². The zero-order valence-corrected chi connectivity index (χ0v) is 12.4. The summed E-state index contributed by atoms with van der Waals surface area (Å²) in [5, 5.41) is 0. The van der Waals surface area contributed by atoms with Crippen molar-refractivity contribution in [2.24, 2.45) is 5.73 Å². The van der Waals surface area contributed by atoms with E-state index in [0.29, 0.717) is 6.54 Å². The lowest BCUT2D eigenvalue weighted by Gasteiger charge is -2.31. The first-order valence-electron chi connectivity index (χ1n) is 7.62. The van der Waals surface area contributed by atoms with E-state index in [1.165, 1.54) is 0 Å². The third kappa shape index (κ3) is 2.83. The summed E-state index contributed by atoms with van der Waals surface area (Å²) in [5.74, 6) is -0.667. The molecule has 0 aromatic heterocycles. The third-order valence-electron chi connectivity index (χ3n) is 4.43. The summed E-state index contributed by atoms with van der Waals surface area (Å²) in [6, 6.07) is 7.14. The molecule has 0 spiro atoms. The van der Waals surface area contributed by atoms with Crippen LogP contribution in [0.25, 0.3) is 0 Å². The van der Waals surface area contributed by atoms with E-state index in [9.17, 15) is 14.0 Å². The van der Waals surface area contributed by atoms with Gasteiger partial charge in [-0.2, -0.15) is 0 Å². The van der Waals surface area contributed by atoms with Crippen molar-refractivity contribution in [3.8, 4) is 0 Å². The monoisotopic (exact) mass is 305 g/mol. The molecule has 6 heteroatoms. The van der Waals surface area contributed by atoms with Gasteiger partial charge in [0.05, 0.1) is 12.6 Å². The number of nitrogens with zero attached hydrogens (tertiary/aromatic N) is 2. The Morgan fingerprint density at radius 1 is 1.32 bits per heavy atom. The van der Waals surface area contributed by atoms with Crippen LogP contribution in [0, 0.1) is 0 Å². The molecular formula is C16H20FN3O2. The van der Waals surface area contributed by atoms with Crippen molar-refractivity contribution in [1.82, 2.24) is 4.90 Å². The Bertz CT molecular complexity index is 593. The van der Waals surface area contributed by atoms with Crippen molar-refractivity contribution in [2.75, 3.05) is 24.5 Å². The molecule has 22 heavy (non-hydrogen) atoms. The molecule has 1 fully saturated rings. The number of rotatable bonds is 3. The van der Waals surface area contributed by atoms with Crippen LogP contribution in [0.4, 0.5) is 10.1 Å². The average Bonchev–Trinajstić information content (AvgIpc) is 2.87. The molecule has 2 aliphatic rings. The molecule has 0 unspecified atom stereocenters. The summed E-state index contributed by atoms with van der Waals surface area (Å²) < 4.78 is 13.5. The Balaban J connectivity index is 1.74. The molecule has 2 atom stereocenters. The normalized spacial score (nSPS) is 25.0.